The monoisotopic (exact) mass is 274 g/mol. The minimum absolute atomic E-state index is 0.265. The zero-order valence-electron chi connectivity index (χ0n) is 7.68. The van der Waals surface area contributed by atoms with Crippen LogP contribution < -0.4 is 0 Å². The van der Waals surface area contributed by atoms with Crippen LogP contribution in [0.25, 0.3) is 0 Å². The third kappa shape index (κ3) is 8.92. The summed E-state index contributed by atoms with van der Waals surface area (Å²) in [7, 11) is 2.45. The lowest BCUT2D eigenvalue weighted by Crippen LogP contribution is -1.93. The van der Waals surface area contributed by atoms with Gasteiger partial charge in [-0.1, -0.05) is 13.8 Å². The molecule has 0 aliphatic heterocycles. The molecular weight excluding hydrogens is 264 g/mol. The molecule has 14 heavy (non-hydrogen) atoms. The molecular formula is C6H10O4S4. The minimum Gasteiger partial charge on any atom is -0.379 e. The lowest BCUT2D eigenvalue weighted by Gasteiger charge is -1.99. The summed E-state index contributed by atoms with van der Waals surface area (Å²) in [5.74, 6) is -0.530. The molecule has 0 heterocycles. The van der Waals surface area contributed by atoms with E-state index >= 15 is 0 Å². The Morgan fingerprint density at radius 1 is 0.929 bits per heavy atom. The van der Waals surface area contributed by atoms with Crippen LogP contribution in [0.1, 0.15) is 26.7 Å². The molecule has 0 rings (SSSR count). The minimum atomic E-state index is -0.265. The van der Waals surface area contributed by atoms with E-state index in [9.17, 15) is 9.59 Å². The number of carbonyl (C=O) groups is 2. The Morgan fingerprint density at radius 3 is 1.57 bits per heavy atom. The average molecular weight is 274 g/mol. The predicted octanol–water partition coefficient (Wildman–Crippen LogP) is 3.40. The normalized spacial score (nSPS) is 9.57. The highest BCUT2D eigenvalue weighted by Crippen LogP contribution is 2.43. The highest BCUT2D eigenvalue weighted by Gasteiger charge is 2.03. The van der Waals surface area contributed by atoms with Gasteiger partial charge in [-0.05, 0) is 0 Å². The lowest BCUT2D eigenvalue weighted by atomic mass is 10.5. The molecule has 0 spiro atoms. The van der Waals surface area contributed by atoms with Crippen LogP contribution in [0.3, 0.4) is 0 Å². The maximum absolute atomic E-state index is 10.6. The molecule has 0 atom stereocenters. The van der Waals surface area contributed by atoms with E-state index in [4.69, 9.17) is 8.37 Å². The molecule has 0 aromatic carbocycles. The molecule has 0 aromatic heterocycles. The topological polar surface area (TPSA) is 52.6 Å². The molecule has 0 aliphatic rings. The van der Waals surface area contributed by atoms with Gasteiger partial charge in [0.05, 0.1) is 0 Å². The van der Waals surface area contributed by atoms with E-state index in [1.165, 1.54) is 19.7 Å². The Kier molecular flexibility index (Phi) is 10.1. The van der Waals surface area contributed by atoms with Gasteiger partial charge >= 0.3 is 11.9 Å². The van der Waals surface area contributed by atoms with Gasteiger partial charge in [-0.15, -0.1) is 0 Å². The van der Waals surface area contributed by atoms with Gasteiger partial charge in [0.1, 0.15) is 22.1 Å². The van der Waals surface area contributed by atoms with Crippen LogP contribution in [0.5, 0.6) is 0 Å². The molecule has 0 unspecified atom stereocenters. The molecule has 0 radical (unpaired) electrons. The van der Waals surface area contributed by atoms with Crippen molar-refractivity contribution in [3.05, 3.63) is 0 Å². The summed E-state index contributed by atoms with van der Waals surface area (Å²) in [5.41, 5.74) is 0. The molecule has 8 heteroatoms. The highest BCUT2D eigenvalue weighted by molar-refractivity contribution is 9.25. The van der Waals surface area contributed by atoms with E-state index in [0.717, 1.165) is 22.1 Å². The SMILES string of the molecule is CCC(=O)OSSSSOC(=O)CC. The Labute approximate surface area is 98.2 Å². The third-order valence-electron chi connectivity index (χ3n) is 0.915. The fourth-order valence-electron chi connectivity index (χ4n) is 0.244. The first-order valence-corrected chi connectivity index (χ1v) is 8.44. The van der Waals surface area contributed by atoms with Crippen LogP contribution in [0, 0.1) is 0 Å². The van der Waals surface area contributed by atoms with Gasteiger partial charge < -0.3 is 8.37 Å². The van der Waals surface area contributed by atoms with E-state index in [2.05, 4.69) is 0 Å². The molecule has 0 N–H and O–H groups in total. The Bertz CT molecular complexity index is 167. The van der Waals surface area contributed by atoms with Crippen molar-refractivity contribution < 1.29 is 18.0 Å². The van der Waals surface area contributed by atoms with Gasteiger partial charge in [0, 0.05) is 32.5 Å². The van der Waals surface area contributed by atoms with E-state index < -0.39 is 0 Å². The summed E-state index contributed by atoms with van der Waals surface area (Å²) in [6, 6.07) is 0. The molecule has 0 aliphatic carbocycles. The zero-order valence-corrected chi connectivity index (χ0v) is 10.9. The Balaban J connectivity index is 3.14. The van der Waals surface area contributed by atoms with E-state index in [-0.39, 0.29) is 11.9 Å². The van der Waals surface area contributed by atoms with Crippen molar-refractivity contribution in [3.8, 4) is 0 Å². The molecule has 0 saturated heterocycles. The molecule has 0 aromatic rings. The number of hydrogen-bond acceptors (Lipinski definition) is 8. The largest absolute Gasteiger partial charge is 0.379 e. The van der Waals surface area contributed by atoms with Crippen molar-refractivity contribution in [1.82, 2.24) is 0 Å². The summed E-state index contributed by atoms with van der Waals surface area (Å²) in [6.45, 7) is 3.44. The zero-order chi connectivity index (χ0) is 10.8. The van der Waals surface area contributed by atoms with Crippen molar-refractivity contribution in [2.24, 2.45) is 0 Å². The van der Waals surface area contributed by atoms with E-state index in [0.29, 0.717) is 12.8 Å². The molecule has 0 bridgehead atoms. The smallest absolute Gasteiger partial charge is 0.318 e. The van der Waals surface area contributed by atoms with Crippen molar-refractivity contribution in [1.29, 1.82) is 0 Å². The van der Waals surface area contributed by atoms with Crippen molar-refractivity contribution in [3.63, 3.8) is 0 Å². The van der Waals surface area contributed by atoms with Crippen molar-refractivity contribution in [2.45, 2.75) is 26.7 Å². The lowest BCUT2D eigenvalue weighted by molar-refractivity contribution is -0.133. The number of hydrogen-bond donors (Lipinski definition) is 0. The molecule has 0 fully saturated rings. The Hall–Kier alpha value is 0.340. The second-order valence-corrected chi connectivity index (χ2v) is 6.85. The van der Waals surface area contributed by atoms with Gasteiger partial charge in [0.15, 0.2) is 0 Å². The second-order valence-electron chi connectivity index (χ2n) is 1.89. The molecule has 0 amide bonds. The summed E-state index contributed by atoms with van der Waals surface area (Å²) in [6.07, 6.45) is 0.715. The van der Waals surface area contributed by atoms with Crippen molar-refractivity contribution in [2.75, 3.05) is 0 Å². The third-order valence-corrected chi connectivity index (χ3v) is 5.50. The van der Waals surface area contributed by atoms with Gasteiger partial charge in [-0.2, -0.15) is 0 Å². The summed E-state index contributed by atoms with van der Waals surface area (Å²) in [4.78, 5) is 21.3. The summed E-state index contributed by atoms with van der Waals surface area (Å²) >= 11 is 1.93. The molecule has 4 nitrogen and oxygen atoms in total. The Morgan fingerprint density at radius 2 is 1.29 bits per heavy atom. The van der Waals surface area contributed by atoms with Crippen LogP contribution in [0.4, 0.5) is 0 Å². The average Bonchev–Trinajstić information content (AvgIpc) is 2.22. The van der Waals surface area contributed by atoms with Gasteiger partial charge in [0.25, 0.3) is 0 Å². The van der Waals surface area contributed by atoms with Crippen LogP contribution in [-0.2, 0) is 18.0 Å². The molecule has 0 saturated carbocycles. The highest BCUT2D eigenvalue weighted by atomic mass is 33.7. The fraction of sp³-hybridized carbons (Fsp3) is 0.667. The first-order chi connectivity index (χ1) is 6.70. The number of rotatable bonds is 7. The summed E-state index contributed by atoms with van der Waals surface area (Å²) in [5, 5.41) is 0. The van der Waals surface area contributed by atoms with Crippen LogP contribution >= 0.6 is 41.8 Å². The summed E-state index contributed by atoms with van der Waals surface area (Å²) < 4.78 is 9.38. The predicted molar refractivity (Wildman–Crippen MR) is 63.1 cm³/mol. The standard InChI is InChI=1S/C6H10O4S4/c1-3-5(7)9-11-13-14-12-10-6(8)4-2/h3-4H2,1-2H3. The maximum atomic E-state index is 10.6. The fourth-order valence-corrected chi connectivity index (χ4v) is 3.62. The van der Waals surface area contributed by atoms with Crippen molar-refractivity contribution >= 4 is 53.7 Å². The first kappa shape index (κ1) is 14.3. The van der Waals surface area contributed by atoms with Crippen LogP contribution in [0.2, 0.25) is 0 Å². The van der Waals surface area contributed by atoms with E-state index in [1.807, 2.05) is 0 Å². The van der Waals surface area contributed by atoms with Gasteiger partial charge in [0.2, 0.25) is 0 Å². The van der Waals surface area contributed by atoms with Crippen LogP contribution in [0.15, 0.2) is 0 Å². The van der Waals surface area contributed by atoms with Gasteiger partial charge in [-0.3, -0.25) is 9.59 Å². The second kappa shape index (κ2) is 9.88. The molecule has 82 valence electrons. The quantitative estimate of drug-likeness (QED) is 0.398. The van der Waals surface area contributed by atoms with E-state index in [1.54, 1.807) is 13.8 Å². The van der Waals surface area contributed by atoms with Gasteiger partial charge in [-0.25, -0.2) is 0 Å². The maximum Gasteiger partial charge on any atom is 0.318 e. The number of carbonyl (C=O) groups excluding carboxylic acids is 2. The van der Waals surface area contributed by atoms with Crippen LogP contribution in [-0.4, -0.2) is 11.9 Å². The first-order valence-electron chi connectivity index (χ1n) is 3.77.